The van der Waals surface area contributed by atoms with Gasteiger partial charge in [-0.15, -0.1) is 13.5 Å². The summed E-state index contributed by atoms with van der Waals surface area (Å²) in [5.74, 6) is -2.03. The number of rotatable bonds is 7. The Labute approximate surface area is 193 Å². The Morgan fingerprint density at radius 1 is 1.00 bits per heavy atom. The molecule has 0 amide bonds. The molecule has 0 aromatic rings. The molecular weight excluding hydrogens is 587 g/mol. The molecule has 0 aliphatic heterocycles. The van der Waals surface area contributed by atoms with Crippen molar-refractivity contribution in [1.29, 1.82) is 0 Å². The van der Waals surface area contributed by atoms with Crippen molar-refractivity contribution in [2.75, 3.05) is 0 Å². The third-order valence-electron chi connectivity index (χ3n) is 3.80. The van der Waals surface area contributed by atoms with E-state index in [1.165, 1.54) is 20.8 Å². The summed E-state index contributed by atoms with van der Waals surface area (Å²) in [6.07, 6.45) is 5.50. The fourth-order valence-corrected chi connectivity index (χ4v) is 8.26. The molecule has 0 saturated carbocycles. The Morgan fingerprint density at radius 3 is 1.69 bits per heavy atom. The van der Waals surface area contributed by atoms with E-state index in [1.807, 2.05) is 13.0 Å². The predicted molar refractivity (Wildman–Crippen MR) is 117 cm³/mol. The molecule has 0 spiro atoms. The standard InChI is InChI=1S/C17H25O6Si2.3CH3.Pt/c1-8-11-24(6,7)16-9-10-17(12(16)2)25(21-13(3)18,22-14(4)19)23-15(5)20;;;;/h8H,1,10-11H2,2-7H3;3*1H3;/q4*-1;+4. The van der Waals surface area contributed by atoms with Crippen LogP contribution < -0.4 is 0 Å². The van der Waals surface area contributed by atoms with Crippen LogP contribution in [0.2, 0.25) is 19.1 Å². The van der Waals surface area contributed by atoms with E-state index < -0.39 is 34.8 Å². The van der Waals surface area contributed by atoms with Crippen LogP contribution in [-0.4, -0.2) is 34.8 Å². The molecule has 9 heteroatoms. The van der Waals surface area contributed by atoms with Gasteiger partial charge in [-0.25, -0.2) is 5.20 Å². The van der Waals surface area contributed by atoms with Gasteiger partial charge in [0.25, 0.3) is 17.9 Å². The van der Waals surface area contributed by atoms with E-state index in [0.717, 1.165) is 16.8 Å². The number of allylic oxidation sites excluding steroid dienone is 5. The summed E-state index contributed by atoms with van der Waals surface area (Å²) in [6.45, 7) is 13.6. The molecule has 168 valence electrons. The normalized spacial score (nSPS) is 12.7. The van der Waals surface area contributed by atoms with E-state index in [0.29, 0.717) is 11.6 Å². The van der Waals surface area contributed by atoms with Crippen LogP contribution in [-0.2, 0) is 48.7 Å². The van der Waals surface area contributed by atoms with Gasteiger partial charge < -0.3 is 35.6 Å². The fraction of sp³-hybridized carbons (Fsp3) is 0.400. The largest absolute Gasteiger partial charge is 4.00 e. The van der Waals surface area contributed by atoms with Gasteiger partial charge in [-0.1, -0.05) is 30.8 Å². The van der Waals surface area contributed by atoms with Gasteiger partial charge in [-0.05, 0) is 6.04 Å². The number of carbonyl (C=O) groups is 3. The average molecular weight is 622 g/mol. The van der Waals surface area contributed by atoms with Gasteiger partial charge >= 0.3 is 29.9 Å². The minimum Gasteiger partial charge on any atom is -0.453 e. The second-order valence-corrected chi connectivity index (χ2v) is 13.6. The molecule has 0 N–H and O–H groups in total. The van der Waals surface area contributed by atoms with Crippen LogP contribution in [0.5, 0.6) is 0 Å². The second-order valence-electron chi connectivity index (χ2n) is 6.55. The minimum absolute atomic E-state index is 0. The Morgan fingerprint density at radius 2 is 1.38 bits per heavy atom. The zero-order chi connectivity index (χ0) is 19.4. The SMILES string of the molecule is C=CC[Si](C)(C)C1=[C-]CC([Si](OC(C)=O)(OC(C)=O)OC(C)=O)=C1C.[CH3-].[CH3-].[CH3-].[Pt+4]. The van der Waals surface area contributed by atoms with Gasteiger partial charge in [-0.3, -0.25) is 20.5 Å². The Balaban J connectivity index is -0.000000781. The van der Waals surface area contributed by atoms with Crippen LogP contribution in [0.4, 0.5) is 0 Å². The van der Waals surface area contributed by atoms with Crippen LogP contribution >= 0.6 is 0 Å². The van der Waals surface area contributed by atoms with Gasteiger partial charge in [0, 0.05) is 28.8 Å². The topological polar surface area (TPSA) is 78.9 Å². The summed E-state index contributed by atoms with van der Waals surface area (Å²) >= 11 is 0. The maximum absolute atomic E-state index is 11.6. The van der Waals surface area contributed by atoms with Crippen molar-refractivity contribution in [2.24, 2.45) is 0 Å². The fourth-order valence-electron chi connectivity index (χ4n) is 2.96. The predicted octanol–water partition coefficient (Wildman–Crippen LogP) is 4.39. The molecular formula is C20H34O6PtSi2. The first kappa shape index (κ1) is 35.2. The summed E-state index contributed by atoms with van der Waals surface area (Å²) in [5.41, 5.74) is 0.828. The van der Waals surface area contributed by atoms with E-state index >= 15 is 0 Å². The van der Waals surface area contributed by atoms with E-state index in [9.17, 15) is 14.4 Å². The second kappa shape index (κ2) is 13.9. The summed E-state index contributed by atoms with van der Waals surface area (Å²) < 4.78 is 16.0. The summed E-state index contributed by atoms with van der Waals surface area (Å²) in [4.78, 5) is 34.9. The van der Waals surface area contributed by atoms with Crippen molar-refractivity contribution in [2.45, 2.75) is 53.3 Å². The molecule has 6 nitrogen and oxygen atoms in total. The third kappa shape index (κ3) is 8.97. The Bertz CT molecular complexity index is 627. The third-order valence-corrected chi connectivity index (χ3v) is 9.98. The molecule has 1 aliphatic carbocycles. The zero-order valence-corrected chi connectivity index (χ0v) is 23.2. The summed E-state index contributed by atoms with van der Waals surface area (Å²) in [7, 11) is -5.86. The Kier molecular flexibility index (Phi) is 16.8. The van der Waals surface area contributed by atoms with E-state index in [4.69, 9.17) is 13.3 Å². The monoisotopic (exact) mass is 621 g/mol. The van der Waals surface area contributed by atoms with Gasteiger partial charge in [0.05, 0.1) is 0 Å². The molecule has 1 aliphatic rings. The van der Waals surface area contributed by atoms with Crippen molar-refractivity contribution < 1.29 is 48.7 Å². The van der Waals surface area contributed by atoms with Gasteiger partial charge in [0.2, 0.25) is 0 Å². The van der Waals surface area contributed by atoms with Crippen molar-refractivity contribution in [3.05, 3.63) is 57.0 Å². The molecule has 0 radical (unpaired) electrons. The zero-order valence-electron chi connectivity index (χ0n) is 19.0. The maximum Gasteiger partial charge on any atom is 4.00 e. The van der Waals surface area contributed by atoms with Crippen LogP contribution in [0, 0.1) is 28.4 Å². The molecule has 29 heavy (non-hydrogen) atoms. The number of carbonyl (C=O) groups excluding carboxylic acids is 3. The molecule has 0 aromatic carbocycles. The maximum atomic E-state index is 11.6. The summed E-state index contributed by atoms with van der Waals surface area (Å²) in [6, 6.07) is 0.850. The van der Waals surface area contributed by atoms with Crippen molar-refractivity contribution in [3.63, 3.8) is 0 Å². The van der Waals surface area contributed by atoms with Crippen molar-refractivity contribution >= 4 is 34.8 Å². The molecule has 0 bridgehead atoms. The number of hydrogen-bond donors (Lipinski definition) is 0. The molecule has 0 unspecified atom stereocenters. The van der Waals surface area contributed by atoms with Crippen LogP contribution in [0.15, 0.2) is 28.6 Å². The van der Waals surface area contributed by atoms with Crippen LogP contribution in [0.1, 0.15) is 34.1 Å². The van der Waals surface area contributed by atoms with Crippen LogP contribution in [0.25, 0.3) is 0 Å². The molecule has 1 rings (SSSR count). The molecule has 0 fully saturated rings. The van der Waals surface area contributed by atoms with Crippen molar-refractivity contribution in [3.8, 4) is 0 Å². The quantitative estimate of drug-likeness (QED) is 0.239. The van der Waals surface area contributed by atoms with Crippen LogP contribution in [0.3, 0.4) is 0 Å². The summed E-state index contributed by atoms with van der Waals surface area (Å²) in [5, 5.41) is 1.58. The molecule has 0 heterocycles. The van der Waals surface area contributed by atoms with Gasteiger partial charge in [0.15, 0.2) is 0 Å². The first-order valence-corrected chi connectivity index (χ1v) is 12.9. The Hall–Kier alpha value is -1.25. The number of hydrogen-bond acceptors (Lipinski definition) is 6. The first-order valence-electron chi connectivity index (χ1n) is 7.96. The van der Waals surface area contributed by atoms with E-state index in [-0.39, 0.29) is 43.3 Å². The smallest absolute Gasteiger partial charge is 0.453 e. The average Bonchev–Trinajstić information content (AvgIpc) is 2.79. The van der Waals surface area contributed by atoms with E-state index in [1.54, 1.807) is 0 Å². The van der Waals surface area contributed by atoms with Crippen molar-refractivity contribution in [1.82, 2.24) is 0 Å². The minimum atomic E-state index is -4.01. The molecule has 0 aromatic heterocycles. The molecule has 0 saturated heterocycles. The first-order chi connectivity index (χ1) is 11.4. The van der Waals surface area contributed by atoms with E-state index in [2.05, 4.69) is 25.7 Å². The molecule has 0 atom stereocenters. The van der Waals surface area contributed by atoms with Gasteiger partial charge in [0.1, 0.15) is 0 Å². The van der Waals surface area contributed by atoms with Gasteiger partial charge in [-0.2, -0.15) is 5.57 Å².